The number of rotatable bonds is 4. The van der Waals surface area contributed by atoms with Crippen molar-refractivity contribution in [3.63, 3.8) is 0 Å². The zero-order chi connectivity index (χ0) is 32.2. The molecule has 0 saturated heterocycles. The maximum atomic E-state index is 10.4. The molecule has 5 aromatic carbocycles. The number of aromatic nitrogens is 1. The number of nitrogens with zero attached hydrogens (tertiary/aromatic N) is 4. The Morgan fingerprint density at radius 3 is 2.29 bits per heavy atom. The van der Waals surface area contributed by atoms with Crippen molar-refractivity contribution >= 4 is 43.2 Å². The topological polar surface area (TPSA) is 55.8 Å². The van der Waals surface area contributed by atoms with Gasteiger partial charge in [0.2, 0.25) is 0 Å². The van der Waals surface area contributed by atoms with E-state index in [4.69, 9.17) is 0 Å². The molecular weight excluding hydrogens is 601 g/mol. The molecule has 9 rings (SSSR count). The minimum absolute atomic E-state index is 0.0957. The van der Waals surface area contributed by atoms with Crippen LogP contribution in [-0.4, -0.2) is 20.1 Å². The van der Waals surface area contributed by atoms with Crippen molar-refractivity contribution < 1.29 is 0 Å². The van der Waals surface area contributed by atoms with E-state index in [9.17, 15) is 10.5 Å². The molecule has 0 spiro atoms. The van der Waals surface area contributed by atoms with E-state index in [-0.39, 0.29) is 12.0 Å². The van der Waals surface area contributed by atoms with Gasteiger partial charge in [-0.2, -0.15) is 10.5 Å². The molecule has 0 bridgehead atoms. The van der Waals surface area contributed by atoms with E-state index < -0.39 is 9.52 Å². The summed E-state index contributed by atoms with van der Waals surface area (Å²) in [7, 11) is -0.449. The van der Waals surface area contributed by atoms with E-state index in [0.717, 1.165) is 39.7 Å². The molecule has 0 fully saturated rings. The van der Waals surface area contributed by atoms with Crippen molar-refractivity contribution in [2.24, 2.45) is 0 Å². The molecule has 0 N–H and O–H groups in total. The van der Waals surface area contributed by atoms with Crippen molar-refractivity contribution in [2.75, 3.05) is 4.90 Å². The lowest BCUT2D eigenvalue weighted by Gasteiger charge is -2.31. The van der Waals surface area contributed by atoms with Crippen molar-refractivity contribution in [3.8, 4) is 40.1 Å². The first-order chi connectivity index (χ1) is 23.7. The third kappa shape index (κ3) is 4.33. The largest absolute Gasteiger partial charge is 0.333 e. The first-order valence-corrected chi connectivity index (χ1v) is 18.2. The van der Waals surface area contributed by atoms with Crippen LogP contribution in [0, 0.1) is 22.7 Å². The van der Waals surface area contributed by atoms with Crippen LogP contribution in [0.15, 0.2) is 145 Å². The van der Waals surface area contributed by atoms with Gasteiger partial charge < -0.3 is 9.47 Å². The van der Waals surface area contributed by atoms with Crippen LogP contribution in [0.4, 0.5) is 11.4 Å². The van der Waals surface area contributed by atoms with Gasteiger partial charge in [0.05, 0.1) is 38.8 Å². The average molecular weight is 631 g/mol. The van der Waals surface area contributed by atoms with E-state index in [2.05, 4.69) is 161 Å². The number of nitriles is 2. The lowest BCUT2D eigenvalue weighted by atomic mass is 9.88. The molecule has 5 heteroatoms. The summed E-state index contributed by atoms with van der Waals surface area (Å²) in [5.74, 6) is 0.123. The number of benzene rings is 5. The highest BCUT2D eigenvalue weighted by molar-refractivity contribution is 6.56. The third-order valence-corrected chi connectivity index (χ3v) is 11.9. The van der Waals surface area contributed by atoms with E-state index >= 15 is 0 Å². The Balaban J connectivity index is 1.08. The summed E-state index contributed by atoms with van der Waals surface area (Å²) in [6.45, 7) is 0. The molecule has 2 unspecified atom stereocenters. The number of hydrogen-bond acceptors (Lipinski definition) is 3. The van der Waals surface area contributed by atoms with Gasteiger partial charge in [0.25, 0.3) is 0 Å². The molecule has 226 valence electrons. The minimum atomic E-state index is -0.449. The van der Waals surface area contributed by atoms with Gasteiger partial charge in [-0.1, -0.05) is 109 Å². The number of fused-ring (bicyclic) bond motifs is 6. The first-order valence-electron chi connectivity index (χ1n) is 16.4. The van der Waals surface area contributed by atoms with Crippen LogP contribution in [0.2, 0.25) is 6.04 Å². The summed E-state index contributed by atoms with van der Waals surface area (Å²) in [6.07, 6.45) is 10.8. The van der Waals surface area contributed by atoms with Gasteiger partial charge in [-0.05, 0) is 70.3 Å². The van der Waals surface area contributed by atoms with Crippen molar-refractivity contribution in [1.29, 1.82) is 10.5 Å². The fraction of sp³-hybridized carbons (Fsp3) is 0.0698. The Labute approximate surface area is 282 Å². The minimum Gasteiger partial charge on any atom is -0.333 e. The standard InChI is InChI=1S/C43H30N4Si/c44-26-28-15-22-42-38(24-28)36-10-3-6-14-41(36)47(42)39-12-4-1-8-34(39)30-18-16-29(17-19-30)33-21-20-32(25-31(33)27-45)46-40-13-5-2-9-35(40)37-11-7-23-48-43(37)46/h1-22,24-25,38,42H,23,48H2. The molecule has 1 aromatic heterocycles. The summed E-state index contributed by atoms with van der Waals surface area (Å²) in [6, 6.07) is 46.7. The number of anilines is 2. The Morgan fingerprint density at radius 2 is 1.46 bits per heavy atom. The molecule has 0 radical (unpaired) electrons. The fourth-order valence-electron chi connectivity index (χ4n) is 7.94. The van der Waals surface area contributed by atoms with Crippen LogP contribution in [-0.2, 0) is 0 Å². The van der Waals surface area contributed by atoms with Gasteiger partial charge in [-0.25, -0.2) is 0 Å². The molecular formula is C43H30N4Si. The Morgan fingerprint density at radius 1 is 0.708 bits per heavy atom. The monoisotopic (exact) mass is 630 g/mol. The second-order valence-corrected chi connectivity index (χ2v) is 14.4. The number of allylic oxidation sites excluding steroid dienone is 3. The van der Waals surface area contributed by atoms with Crippen LogP contribution in [0.5, 0.6) is 0 Å². The van der Waals surface area contributed by atoms with Gasteiger partial charge in [0.1, 0.15) is 0 Å². The molecule has 3 aliphatic rings. The SMILES string of the molecule is N#CC1=CC2c3ccccc3N(c3ccccc3-c3ccc(-c4ccc(-n5c6c(c7ccccc75)C=CC[SiH2]6)cc4C#N)cc3)C2C=C1. The molecule has 2 atom stereocenters. The molecule has 6 aromatic rings. The van der Waals surface area contributed by atoms with Crippen molar-refractivity contribution in [1.82, 2.24) is 4.57 Å². The number of hydrogen-bond donors (Lipinski definition) is 0. The molecule has 1 aliphatic carbocycles. The maximum Gasteiger partial charge on any atom is 0.0998 e. The Bertz CT molecular complexity index is 2450. The van der Waals surface area contributed by atoms with Crippen LogP contribution in [0.25, 0.3) is 44.9 Å². The predicted molar refractivity (Wildman–Crippen MR) is 199 cm³/mol. The molecule has 4 nitrogen and oxygen atoms in total. The summed E-state index contributed by atoms with van der Waals surface area (Å²) in [5, 5.41) is 22.7. The first kappa shape index (κ1) is 28.1. The van der Waals surface area contributed by atoms with Crippen molar-refractivity contribution in [2.45, 2.75) is 18.0 Å². The van der Waals surface area contributed by atoms with Gasteiger partial charge in [-0.15, -0.1) is 0 Å². The smallest absolute Gasteiger partial charge is 0.0998 e. The van der Waals surface area contributed by atoms with Gasteiger partial charge in [0, 0.05) is 44.8 Å². The third-order valence-electron chi connectivity index (χ3n) is 10.1. The average Bonchev–Trinajstić information content (AvgIpc) is 3.67. The maximum absolute atomic E-state index is 10.4. The highest BCUT2D eigenvalue weighted by Gasteiger charge is 2.38. The second kappa shape index (κ2) is 11.3. The predicted octanol–water partition coefficient (Wildman–Crippen LogP) is 8.70. The van der Waals surface area contributed by atoms with Gasteiger partial charge >= 0.3 is 0 Å². The molecule has 0 saturated carbocycles. The van der Waals surface area contributed by atoms with Crippen molar-refractivity contribution in [3.05, 3.63) is 162 Å². The molecule has 0 amide bonds. The lowest BCUT2D eigenvalue weighted by molar-refractivity contribution is 0.742. The Hall–Kier alpha value is -6.14. The lowest BCUT2D eigenvalue weighted by Crippen LogP contribution is -2.29. The zero-order valence-corrected chi connectivity index (χ0v) is 27.6. The van der Waals surface area contributed by atoms with E-state index in [1.807, 2.05) is 6.08 Å². The summed E-state index contributed by atoms with van der Waals surface area (Å²) in [4.78, 5) is 2.42. The quantitative estimate of drug-likeness (QED) is 0.183. The molecule has 48 heavy (non-hydrogen) atoms. The highest BCUT2D eigenvalue weighted by Crippen LogP contribution is 2.50. The van der Waals surface area contributed by atoms with E-state index in [1.165, 1.54) is 33.0 Å². The van der Waals surface area contributed by atoms with Gasteiger partial charge in [-0.3, -0.25) is 0 Å². The van der Waals surface area contributed by atoms with Crippen LogP contribution >= 0.6 is 0 Å². The molecule has 2 aliphatic heterocycles. The summed E-state index contributed by atoms with van der Waals surface area (Å²) in [5.41, 5.74) is 12.7. The fourth-order valence-corrected chi connectivity index (χ4v) is 9.70. The van der Waals surface area contributed by atoms with Crippen LogP contribution in [0.3, 0.4) is 0 Å². The number of para-hydroxylation sites is 3. The summed E-state index contributed by atoms with van der Waals surface area (Å²) >= 11 is 0. The highest BCUT2D eigenvalue weighted by atomic mass is 28.2. The van der Waals surface area contributed by atoms with Crippen LogP contribution in [0.1, 0.15) is 22.6 Å². The van der Waals surface area contributed by atoms with Crippen LogP contribution < -0.4 is 10.2 Å². The van der Waals surface area contributed by atoms with E-state index in [0.29, 0.717) is 11.1 Å². The Kier molecular flexibility index (Phi) is 6.61. The van der Waals surface area contributed by atoms with Gasteiger partial charge in [0.15, 0.2) is 0 Å². The molecule has 3 heterocycles. The van der Waals surface area contributed by atoms with E-state index in [1.54, 1.807) is 0 Å². The summed E-state index contributed by atoms with van der Waals surface area (Å²) < 4.78 is 2.39. The normalized spacial score (nSPS) is 17.8. The second-order valence-electron chi connectivity index (χ2n) is 12.6. The zero-order valence-electron chi connectivity index (χ0n) is 26.2.